The van der Waals surface area contributed by atoms with Crippen molar-refractivity contribution >= 4 is 28.0 Å². The molecule has 3 rings (SSSR count). The van der Waals surface area contributed by atoms with Gasteiger partial charge in [0.25, 0.3) is 10.1 Å². The first-order valence-corrected chi connectivity index (χ1v) is 10.5. The van der Waals surface area contributed by atoms with Crippen molar-refractivity contribution in [2.45, 2.75) is 18.7 Å². The second-order valence-corrected chi connectivity index (χ2v) is 8.13. The van der Waals surface area contributed by atoms with Gasteiger partial charge in [-0.2, -0.15) is 8.42 Å². The molecule has 0 bridgehead atoms. The number of pyridine rings is 1. The van der Waals surface area contributed by atoms with Gasteiger partial charge in [-0.15, -0.1) is 0 Å². The summed E-state index contributed by atoms with van der Waals surface area (Å²) in [4.78, 5) is 6.34. The molecule has 5 nitrogen and oxygen atoms in total. The molecular formula is C23H26N2O3S. The number of anilines is 1. The monoisotopic (exact) mass is 410 g/mol. The summed E-state index contributed by atoms with van der Waals surface area (Å²) in [5.74, 6) is 0. The standard InChI is InChI=1S/C16H18N2.C7H8O3S/c1-13-15(5-4-12-17-13)9-6-14-7-10-16(11-8-14)18(2)3;1-6-4-2-3-5-7(6)11(8,9)10/h4-12H,1-3H3;2-5H,1H3,(H,8,9,10). The summed E-state index contributed by atoms with van der Waals surface area (Å²) in [5, 5.41) is 0. The van der Waals surface area contributed by atoms with Gasteiger partial charge in [0, 0.05) is 31.7 Å². The van der Waals surface area contributed by atoms with Crippen molar-refractivity contribution < 1.29 is 13.0 Å². The predicted octanol–water partition coefficient (Wildman–Crippen LogP) is 4.87. The maximum atomic E-state index is 10.6. The van der Waals surface area contributed by atoms with E-state index in [1.807, 2.05) is 33.3 Å². The molecule has 0 atom stereocenters. The fourth-order valence-electron chi connectivity index (χ4n) is 2.59. The van der Waals surface area contributed by atoms with Crippen LogP contribution in [-0.4, -0.2) is 32.0 Å². The van der Waals surface area contributed by atoms with Crippen LogP contribution in [0.1, 0.15) is 22.4 Å². The molecule has 0 amide bonds. The number of aryl methyl sites for hydroxylation is 2. The Morgan fingerprint density at radius 1 is 0.897 bits per heavy atom. The molecule has 0 fully saturated rings. The summed E-state index contributed by atoms with van der Waals surface area (Å²) in [5.41, 5.74) is 5.18. The molecule has 0 spiro atoms. The SMILES string of the molecule is Cc1ccccc1S(=O)(=O)O.Cc1ncccc1C=Cc1ccc(N(C)C)cc1. The summed E-state index contributed by atoms with van der Waals surface area (Å²) in [6, 6.07) is 18.8. The van der Waals surface area contributed by atoms with Crippen LogP contribution in [-0.2, 0) is 10.1 Å². The number of aromatic nitrogens is 1. The molecule has 29 heavy (non-hydrogen) atoms. The zero-order valence-electron chi connectivity index (χ0n) is 17.1. The van der Waals surface area contributed by atoms with Gasteiger partial charge in [-0.05, 0) is 54.8 Å². The van der Waals surface area contributed by atoms with Crippen LogP contribution >= 0.6 is 0 Å². The van der Waals surface area contributed by atoms with Crippen molar-refractivity contribution in [1.82, 2.24) is 4.98 Å². The number of benzene rings is 2. The molecule has 2 aromatic carbocycles. The Bertz CT molecular complexity index is 1070. The third-order valence-electron chi connectivity index (χ3n) is 4.28. The van der Waals surface area contributed by atoms with Gasteiger partial charge >= 0.3 is 0 Å². The second kappa shape index (κ2) is 10.0. The third kappa shape index (κ3) is 6.85. The Morgan fingerprint density at radius 2 is 1.55 bits per heavy atom. The molecule has 1 N–H and O–H groups in total. The highest BCUT2D eigenvalue weighted by atomic mass is 32.2. The molecular weight excluding hydrogens is 384 g/mol. The van der Waals surface area contributed by atoms with Gasteiger partial charge < -0.3 is 4.90 Å². The Kier molecular flexibility index (Phi) is 7.70. The molecule has 152 valence electrons. The number of hydrogen-bond acceptors (Lipinski definition) is 4. The van der Waals surface area contributed by atoms with Gasteiger partial charge in [0.05, 0.1) is 4.90 Å². The van der Waals surface area contributed by atoms with Crippen molar-refractivity contribution in [3.63, 3.8) is 0 Å². The van der Waals surface area contributed by atoms with E-state index in [1.54, 1.807) is 25.1 Å². The summed E-state index contributed by atoms with van der Waals surface area (Å²) in [7, 11) is 0.0575. The lowest BCUT2D eigenvalue weighted by molar-refractivity contribution is 0.482. The van der Waals surface area contributed by atoms with Crippen molar-refractivity contribution in [1.29, 1.82) is 0 Å². The molecule has 0 radical (unpaired) electrons. The van der Waals surface area contributed by atoms with Gasteiger partial charge in [0.2, 0.25) is 0 Å². The van der Waals surface area contributed by atoms with E-state index < -0.39 is 10.1 Å². The van der Waals surface area contributed by atoms with Crippen LogP contribution in [0, 0.1) is 13.8 Å². The Balaban J connectivity index is 0.000000234. The van der Waals surface area contributed by atoms with E-state index in [0.717, 1.165) is 11.3 Å². The van der Waals surface area contributed by atoms with Gasteiger partial charge in [-0.3, -0.25) is 9.54 Å². The molecule has 0 aliphatic rings. The Morgan fingerprint density at radius 3 is 2.07 bits per heavy atom. The largest absolute Gasteiger partial charge is 0.378 e. The number of rotatable bonds is 4. The molecule has 1 heterocycles. The molecule has 6 heteroatoms. The number of nitrogens with zero attached hydrogens (tertiary/aromatic N) is 2. The highest BCUT2D eigenvalue weighted by Crippen LogP contribution is 2.15. The predicted molar refractivity (Wildman–Crippen MR) is 120 cm³/mol. The van der Waals surface area contributed by atoms with Crippen LogP contribution in [0.15, 0.2) is 71.8 Å². The van der Waals surface area contributed by atoms with E-state index in [4.69, 9.17) is 4.55 Å². The molecule has 3 aromatic rings. The first-order valence-electron chi connectivity index (χ1n) is 9.08. The van der Waals surface area contributed by atoms with E-state index >= 15 is 0 Å². The zero-order chi connectivity index (χ0) is 21.4. The maximum Gasteiger partial charge on any atom is 0.294 e. The Hall–Kier alpha value is -2.96. The van der Waals surface area contributed by atoms with Gasteiger partial charge in [-0.25, -0.2) is 0 Å². The normalized spacial score (nSPS) is 11.1. The summed E-state index contributed by atoms with van der Waals surface area (Å²) in [6.07, 6.45) is 6.04. The summed E-state index contributed by atoms with van der Waals surface area (Å²) >= 11 is 0. The fraction of sp³-hybridized carbons (Fsp3) is 0.174. The lowest BCUT2D eigenvalue weighted by Gasteiger charge is -2.11. The van der Waals surface area contributed by atoms with Crippen LogP contribution in [0.5, 0.6) is 0 Å². The van der Waals surface area contributed by atoms with Gasteiger partial charge in [-0.1, -0.05) is 48.6 Å². The number of hydrogen-bond donors (Lipinski definition) is 1. The van der Waals surface area contributed by atoms with Crippen LogP contribution in [0.3, 0.4) is 0 Å². The van der Waals surface area contributed by atoms with E-state index in [-0.39, 0.29) is 4.90 Å². The van der Waals surface area contributed by atoms with Gasteiger partial charge in [0.1, 0.15) is 0 Å². The van der Waals surface area contributed by atoms with Crippen molar-refractivity contribution in [3.05, 3.63) is 89.2 Å². The molecule has 0 aliphatic heterocycles. The topological polar surface area (TPSA) is 70.5 Å². The smallest absolute Gasteiger partial charge is 0.294 e. The lowest BCUT2D eigenvalue weighted by atomic mass is 10.1. The van der Waals surface area contributed by atoms with E-state index in [9.17, 15) is 8.42 Å². The first kappa shape index (κ1) is 22.3. The van der Waals surface area contributed by atoms with E-state index in [1.165, 1.54) is 17.3 Å². The van der Waals surface area contributed by atoms with Crippen LogP contribution in [0.25, 0.3) is 12.2 Å². The van der Waals surface area contributed by atoms with Crippen LogP contribution in [0.2, 0.25) is 0 Å². The second-order valence-electron chi connectivity index (χ2n) is 6.74. The molecule has 0 unspecified atom stereocenters. The minimum atomic E-state index is -4.03. The highest BCUT2D eigenvalue weighted by Gasteiger charge is 2.10. The van der Waals surface area contributed by atoms with Crippen molar-refractivity contribution in [2.24, 2.45) is 0 Å². The van der Waals surface area contributed by atoms with Gasteiger partial charge in [0.15, 0.2) is 0 Å². The first-order chi connectivity index (χ1) is 13.7. The van der Waals surface area contributed by atoms with Crippen LogP contribution < -0.4 is 4.90 Å². The third-order valence-corrected chi connectivity index (χ3v) is 5.30. The highest BCUT2D eigenvalue weighted by molar-refractivity contribution is 7.85. The molecule has 0 aliphatic carbocycles. The molecule has 0 saturated heterocycles. The lowest BCUT2D eigenvalue weighted by Crippen LogP contribution is -2.07. The summed E-state index contributed by atoms with van der Waals surface area (Å²) in [6.45, 7) is 3.65. The average molecular weight is 411 g/mol. The van der Waals surface area contributed by atoms with E-state index in [2.05, 4.69) is 52.4 Å². The van der Waals surface area contributed by atoms with Crippen LogP contribution in [0.4, 0.5) is 5.69 Å². The average Bonchev–Trinajstić information content (AvgIpc) is 2.68. The van der Waals surface area contributed by atoms with Crippen molar-refractivity contribution in [2.75, 3.05) is 19.0 Å². The molecule has 1 aromatic heterocycles. The zero-order valence-corrected chi connectivity index (χ0v) is 17.9. The van der Waals surface area contributed by atoms with E-state index in [0.29, 0.717) is 5.56 Å². The minimum absolute atomic E-state index is 0.0278. The van der Waals surface area contributed by atoms with Crippen molar-refractivity contribution in [3.8, 4) is 0 Å². The fourth-order valence-corrected chi connectivity index (χ4v) is 3.31. The maximum absolute atomic E-state index is 10.6. The Labute approximate surface area is 173 Å². The molecule has 0 saturated carbocycles. The minimum Gasteiger partial charge on any atom is -0.378 e. The summed E-state index contributed by atoms with van der Waals surface area (Å²) < 4.78 is 29.9. The quantitative estimate of drug-likeness (QED) is 0.622.